The van der Waals surface area contributed by atoms with Gasteiger partial charge in [0.05, 0.1) is 28.4 Å². The summed E-state index contributed by atoms with van der Waals surface area (Å²) >= 11 is 8.48. The number of aromatic nitrogens is 2. The number of hydrogen-bond donors (Lipinski definition) is 1. The molecule has 3 aromatic rings. The highest BCUT2D eigenvalue weighted by atomic mass is 79.9. The molecule has 0 aliphatic carbocycles. The van der Waals surface area contributed by atoms with Crippen molar-refractivity contribution in [3.8, 4) is 11.8 Å². The minimum Gasteiger partial charge on any atom is -0.330 e. The maximum Gasteiger partial charge on any atom is 0.182 e. The van der Waals surface area contributed by atoms with Gasteiger partial charge in [0.1, 0.15) is 5.82 Å². The molecule has 0 bridgehead atoms. The van der Waals surface area contributed by atoms with Crippen molar-refractivity contribution in [1.29, 1.82) is 5.26 Å². The third-order valence-electron chi connectivity index (χ3n) is 2.96. The van der Waals surface area contributed by atoms with Crippen molar-refractivity contribution in [3.05, 3.63) is 57.0 Å². The minimum atomic E-state index is -0.390. The highest BCUT2D eigenvalue weighted by Crippen LogP contribution is 2.24. The molecule has 0 fully saturated rings. The molecule has 0 saturated carbocycles. The standard InChI is InChI=1S/C14H7BrFN3S/c15-9-2-4-12(10(16)6-9)19-13-5-8(7-17)1-3-11(13)18-14(19)20/h1-6H,(H,18,20). The zero-order valence-electron chi connectivity index (χ0n) is 10.0. The van der Waals surface area contributed by atoms with E-state index < -0.39 is 5.82 Å². The van der Waals surface area contributed by atoms with Crippen molar-refractivity contribution in [2.24, 2.45) is 0 Å². The second-order valence-corrected chi connectivity index (χ2v) is 5.51. The van der Waals surface area contributed by atoms with Gasteiger partial charge in [-0.25, -0.2) is 4.39 Å². The topological polar surface area (TPSA) is 44.5 Å². The van der Waals surface area contributed by atoms with E-state index in [9.17, 15) is 4.39 Å². The lowest BCUT2D eigenvalue weighted by Crippen LogP contribution is -1.97. The van der Waals surface area contributed by atoms with E-state index in [2.05, 4.69) is 27.0 Å². The number of fused-ring (bicyclic) bond motifs is 1. The lowest BCUT2D eigenvalue weighted by molar-refractivity contribution is 0.618. The maximum atomic E-state index is 14.1. The summed E-state index contributed by atoms with van der Waals surface area (Å²) in [5, 5.41) is 8.98. The molecule has 6 heteroatoms. The van der Waals surface area contributed by atoms with E-state index in [1.807, 2.05) is 0 Å². The van der Waals surface area contributed by atoms with E-state index in [0.717, 1.165) is 5.52 Å². The van der Waals surface area contributed by atoms with Crippen molar-refractivity contribution in [1.82, 2.24) is 9.55 Å². The maximum absolute atomic E-state index is 14.1. The van der Waals surface area contributed by atoms with Crippen molar-refractivity contribution in [2.45, 2.75) is 0 Å². The Morgan fingerprint density at radius 1 is 1.25 bits per heavy atom. The molecule has 20 heavy (non-hydrogen) atoms. The van der Waals surface area contributed by atoms with Crippen LogP contribution in [0.4, 0.5) is 4.39 Å². The van der Waals surface area contributed by atoms with Crippen molar-refractivity contribution in [2.75, 3.05) is 0 Å². The lowest BCUT2D eigenvalue weighted by atomic mass is 10.2. The average molecular weight is 348 g/mol. The second-order valence-electron chi connectivity index (χ2n) is 4.21. The molecule has 1 heterocycles. The number of rotatable bonds is 1. The first kappa shape index (κ1) is 13.0. The van der Waals surface area contributed by atoms with Gasteiger partial charge in [-0.15, -0.1) is 0 Å². The van der Waals surface area contributed by atoms with Crippen molar-refractivity contribution < 1.29 is 4.39 Å². The molecule has 0 unspecified atom stereocenters. The van der Waals surface area contributed by atoms with Crippen LogP contribution in [0, 0.1) is 21.9 Å². The summed E-state index contributed by atoms with van der Waals surface area (Å²) in [7, 11) is 0. The fraction of sp³-hybridized carbons (Fsp3) is 0. The number of benzene rings is 2. The normalized spacial score (nSPS) is 10.7. The third kappa shape index (κ3) is 2.05. The molecule has 0 aliphatic rings. The quantitative estimate of drug-likeness (QED) is 0.660. The van der Waals surface area contributed by atoms with Crippen LogP contribution in [0.25, 0.3) is 16.7 Å². The van der Waals surface area contributed by atoms with Gasteiger partial charge >= 0.3 is 0 Å². The largest absolute Gasteiger partial charge is 0.330 e. The first-order valence-electron chi connectivity index (χ1n) is 5.70. The van der Waals surface area contributed by atoms with E-state index in [4.69, 9.17) is 17.5 Å². The van der Waals surface area contributed by atoms with E-state index in [-0.39, 0.29) is 0 Å². The summed E-state index contributed by atoms with van der Waals surface area (Å²) in [6.45, 7) is 0. The van der Waals surface area contributed by atoms with Crippen LogP contribution in [0.1, 0.15) is 5.56 Å². The molecule has 0 radical (unpaired) electrons. The molecular formula is C14H7BrFN3S. The minimum absolute atomic E-state index is 0.347. The fourth-order valence-electron chi connectivity index (χ4n) is 2.07. The molecule has 0 atom stereocenters. The number of nitrogens with one attached hydrogen (secondary N) is 1. The molecule has 3 nitrogen and oxygen atoms in total. The zero-order chi connectivity index (χ0) is 14.3. The van der Waals surface area contributed by atoms with Crippen LogP contribution in [-0.4, -0.2) is 9.55 Å². The third-order valence-corrected chi connectivity index (χ3v) is 3.74. The Morgan fingerprint density at radius 3 is 2.75 bits per heavy atom. The SMILES string of the molecule is N#Cc1ccc2[nH]c(=S)n(-c3ccc(Br)cc3F)c2c1. The van der Waals surface area contributed by atoms with Crippen LogP contribution in [-0.2, 0) is 0 Å². The Balaban J connectivity index is 2.38. The molecule has 0 aliphatic heterocycles. The van der Waals surface area contributed by atoms with E-state index in [1.165, 1.54) is 6.07 Å². The summed E-state index contributed by atoms with van der Waals surface area (Å²) in [5.74, 6) is -0.390. The summed E-state index contributed by atoms with van der Waals surface area (Å²) in [6, 6.07) is 12.0. The number of imidazole rings is 1. The Hall–Kier alpha value is -1.97. The Labute approximate surface area is 127 Å². The summed E-state index contributed by atoms with van der Waals surface area (Å²) < 4.78 is 16.8. The predicted molar refractivity (Wildman–Crippen MR) is 80.8 cm³/mol. The molecule has 3 rings (SSSR count). The van der Waals surface area contributed by atoms with Crippen LogP contribution in [0.5, 0.6) is 0 Å². The number of H-pyrrole nitrogens is 1. The number of hydrogen-bond acceptors (Lipinski definition) is 2. The Kier molecular flexibility index (Phi) is 3.16. The number of nitrogens with zero attached hydrogens (tertiary/aromatic N) is 2. The highest BCUT2D eigenvalue weighted by molar-refractivity contribution is 9.10. The average Bonchev–Trinajstić information content (AvgIpc) is 2.74. The monoisotopic (exact) mass is 347 g/mol. The van der Waals surface area contributed by atoms with Gasteiger partial charge in [0.2, 0.25) is 0 Å². The second kappa shape index (κ2) is 4.85. The van der Waals surface area contributed by atoms with Crippen LogP contribution < -0.4 is 0 Å². The van der Waals surface area contributed by atoms with E-state index in [1.54, 1.807) is 34.9 Å². The zero-order valence-corrected chi connectivity index (χ0v) is 12.4. The fourth-order valence-corrected chi connectivity index (χ4v) is 2.71. The first-order chi connectivity index (χ1) is 9.60. The van der Waals surface area contributed by atoms with Gasteiger partial charge in [0.15, 0.2) is 4.77 Å². The number of aromatic amines is 1. The smallest absolute Gasteiger partial charge is 0.182 e. The summed E-state index contributed by atoms with van der Waals surface area (Å²) in [6.07, 6.45) is 0. The molecular weight excluding hydrogens is 341 g/mol. The summed E-state index contributed by atoms with van der Waals surface area (Å²) in [5.41, 5.74) is 2.28. The van der Waals surface area contributed by atoms with Crippen molar-refractivity contribution >= 4 is 39.2 Å². The molecule has 0 saturated heterocycles. The summed E-state index contributed by atoms with van der Waals surface area (Å²) in [4.78, 5) is 3.01. The Bertz CT molecular complexity index is 920. The van der Waals surface area contributed by atoms with Crippen LogP contribution >= 0.6 is 28.1 Å². The van der Waals surface area contributed by atoms with Crippen LogP contribution in [0.2, 0.25) is 0 Å². The molecule has 1 aromatic heterocycles. The highest BCUT2D eigenvalue weighted by Gasteiger charge is 2.11. The van der Waals surface area contributed by atoms with Gasteiger partial charge in [-0.05, 0) is 48.6 Å². The van der Waals surface area contributed by atoms with Gasteiger partial charge in [0, 0.05) is 4.47 Å². The van der Waals surface area contributed by atoms with Crippen LogP contribution in [0.15, 0.2) is 40.9 Å². The van der Waals surface area contributed by atoms with Gasteiger partial charge in [0.25, 0.3) is 0 Å². The van der Waals surface area contributed by atoms with Gasteiger partial charge < -0.3 is 4.98 Å². The van der Waals surface area contributed by atoms with Gasteiger partial charge in [-0.3, -0.25) is 4.57 Å². The molecule has 1 N–H and O–H groups in total. The van der Waals surface area contributed by atoms with E-state index >= 15 is 0 Å². The Morgan fingerprint density at radius 2 is 2.05 bits per heavy atom. The van der Waals surface area contributed by atoms with E-state index in [0.29, 0.717) is 26.0 Å². The van der Waals surface area contributed by atoms with Crippen LogP contribution in [0.3, 0.4) is 0 Å². The van der Waals surface area contributed by atoms with Crippen molar-refractivity contribution in [3.63, 3.8) is 0 Å². The molecule has 98 valence electrons. The predicted octanol–water partition coefficient (Wildman–Crippen LogP) is 4.46. The molecule has 0 spiro atoms. The number of nitriles is 1. The molecule has 2 aromatic carbocycles. The number of halogens is 2. The van der Waals surface area contributed by atoms with Gasteiger partial charge in [-0.2, -0.15) is 5.26 Å². The lowest BCUT2D eigenvalue weighted by Gasteiger charge is -2.06. The first-order valence-corrected chi connectivity index (χ1v) is 6.90. The van der Waals surface area contributed by atoms with Gasteiger partial charge in [-0.1, -0.05) is 15.9 Å². The molecule has 0 amide bonds.